The van der Waals surface area contributed by atoms with Crippen molar-refractivity contribution in [1.29, 1.82) is 0 Å². The van der Waals surface area contributed by atoms with Gasteiger partial charge in [-0.15, -0.1) is 0 Å². The minimum atomic E-state index is 0.138. The Balaban J connectivity index is 1.64. The van der Waals surface area contributed by atoms with Gasteiger partial charge in [0.15, 0.2) is 0 Å². The monoisotopic (exact) mass is 369 g/mol. The number of amides is 1. The fourth-order valence-electron chi connectivity index (χ4n) is 3.94. The number of rotatable bonds is 2. The summed E-state index contributed by atoms with van der Waals surface area (Å²) in [6.45, 7) is 0. The molecule has 3 atom stereocenters. The molecule has 1 N–H and O–H groups in total. The lowest BCUT2D eigenvalue weighted by molar-refractivity contribution is -0.122. The highest BCUT2D eigenvalue weighted by atomic mass is 79.9. The molecular formula is C17H21BrClNO. The average Bonchev–Trinajstić information content (AvgIpc) is 2.50. The van der Waals surface area contributed by atoms with Crippen molar-refractivity contribution in [2.75, 3.05) is 5.32 Å². The Morgan fingerprint density at radius 2 is 1.90 bits per heavy atom. The molecule has 0 radical (unpaired) electrons. The molecule has 2 saturated carbocycles. The van der Waals surface area contributed by atoms with Gasteiger partial charge in [-0.05, 0) is 49.3 Å². The highest BCUT2D eigenvalue weighted by Crippen LogP contribution is 2.43. The topological polar surface area (TPSA) is 29.1 Å². The third-order valence-corrected chi connectivity index (χ3v) is 5.92. The lowest BCUT2D eigenvalue weighted by Crippen LogP contribution is -2.33. The Labute approximate surface area is 139 Å². The van der Waals surface area contributed by atoms with Crippen LogP contribution in [0.2, 0.25) is 5.02 Å². The van der Waals surface area contributed by atoms with Gasteiger partial charge < -0.3 is 5.32 Å². The molecule has 4 heteroatoms. The van der Waals surface area contributed by atoms with Crippen LogP contribution in [0.4, 0.5) is 5.69 Å². The first-order valence-corrected chi connectivity index (χ1v) is 9.06. The number of halogens is 2. The van der Waals surface area contributed by atoms with Gasteiger partial charge in [0.2, 0.25) is 5.91 Å². The Morgan fingerprint density at radius 1 is 1.14 bits per heavy atom. The average molecular weight is 371 g/mol. The third-order valence-electron chi connectivity index (χ3n) is 5.10. The number of hydrogen-bond donors (Lipinski definition) is 1. The van der Waals surface area contributed by atoms with Crippen molar-refractivity contribution in [3.05, 3.63) is 27.7 Å². The van der Waals surface area contributed by atoms with Gasteiger partial charge in [0.25, 0.3) is 0 Å². The van der Waals surface area contributed by atoms with E-state index in [-0.39, 0.29) is 11.8 Å². The summed E-state index contributed by atoms with van der Waals surface area (Å²) >= 11 is 9.57. The van der Waals surface area contributed by atoms with Gasteiger partial charge in [0, 0.05) is 10.4 Å². The fraction of sp³-hybridized carbons (Fsp3) is 0.588. The lowest BCUT2D eigenvalue weighted by atomic mass is 9.67. The fourth-order valence-corrected chi connectivity index (χ4v) is 4.47. The summed E-state index contributed by atoms with van der Waals surface area (Å²) in [5.74, 6) is 1.93. The molecule has 0 heterocycles. The van der Waals surface area contributed by atoms with Gasteiger partial charge in [-0.2, -0.15) is 0 Å². The molecule has 3 rings (SSSR count). The summed E-state index contributed by atoms with van der Waals surface area (Å²) in [6.07, 6.45) is 8.71. The van der Waals surface area contributed by atoms with Crippen molar-refractivity contribution >= 4 is 39.1 Å². The van der Waals surface area contributed by atoms with E-state index in [0.717, 1.165) is 29.2 Å². The summed E-state index contributed by atoms with van der Waals surface area (Å²) in [4.78, 5) is 12.5. The van der Waals surface area contributed by atoms with E-state index in [2.05, 4.69) is 21.2 Å². The number of benzene rings is 1. The van der Waals surface area contributed by atoms with Crippen LogP contribution in [0, 0.1) is 17.8 Å². The van der Waals surface area contributed by atoms with E-state index in [4.69, 9.17) is 11.6 Å². The van der Waals surface area contributed by atoms with Gasteiger partial charge in [0.05, 0.1) is 10.7 Å². The Bertz CT molecular complexity index is 534. The van der Waals surface area contributed by atoms with E-state index in [9.17, 15) is 4.79 Å². The van der Waals surface area contributed by atoms with Crippen molar-refractivity contribution in [2.24, 2.45) is 17.8 Å². The Kier molecular flexibility index (Phi) is 4.90. The van der Waals surface area contributed by atoms with E-state index < -0.39 is 0 Å². The molecule has 2 fully saturated rings. The van der Waals surface area contributed by atoms with Crippen LogP contribution in [-0.2, 0) is 4.79 Å². The molecule has 0 aromatic heterocycles. The number of fused-ring (bicyclic) bond motifs is 1. The zero-order valence-corrected chi connectivity index (χ0v) is 14.4. The summed E-state index contributed by atoms with van der Waals surface area (Å²) in [5, 5.41) is 3.61. The molecule has 2 aliphatic rings. The Morgan fingerprint density at radius 3 is 2.71 bits per heavy atom. The van der Waals surface area contributed by atoms with E-state index in [1.54, 1.807) is 6.07 Å². The molecule has 2 nitrogen and oxygen atoms in total. The largest absolute Gasteiger partial charge is 0.324 e. The molecule has 1 aromatic carbocycles. The first kappa shape index (κ1) is 15.4. The van der Waals surface area contributed by atoms with Crippen LogP contribution in [0.3, 0.4) is 0 Å². The van der Waals surface area contributed by atoms with Crippen LogP contribution in [-0.4, -0.2) is 5.91 Å². The zero-order valence-electron chi connectivity index (χ0n) is 12.1. The number of nitrogens with one attached hydrogen (secondary N) is 1. The van der Waals surface area contributed by atoms with E-state index in [1.807, 2.05) is 12.1 Å². The standard InChI is InChI=1S/C17H21BrClNO/c18-14-7-8-15(19)16(10-14)20-17(21)13-6-5-11-3-1-2-4-12(11)9-13/h7-8,10-13H,1-6,9H2,(H,20,21). The molecule has 0 spiro atoms. The molecule has 0 bridgehead atoms. The van der Waals surface area contributed by atoms with Crippen molar-refractivity contribution in [1.82, 2.24) is 0 Å². The van der Waals surface area contributed by atoms with E-state index in [0.29, 0.717) is 10.7 Å². The molecule has 0 aliphatic heterocycles. The van der Waals surface area contributed by atoms with Crippen molar-refractivity contribution in [3.63, 3.8) is 0 Å². The number of anilines is 1. The van der Waals surface area contributed by atoms with Gasteiger partial charge in [0.1, 0.15) is 0 Å². The first-order valence-electron chi connectivity index (χ1n) is 7.89. The first-order chi connectivity index (χ1) is 10.1. The van der Waals surface area contributed by atoms with Crippen LogP contribution in [0.5, 0.6) is 0 Å². The zero-order chi connectivity index (χ0) is 14.8. The van der Waals surface area contributed by atoms with Crippen LogP contribution < -0.4 is 5.32 Å². The number of carbonyl (C=O) groups is 1. The molecule has 2 aliphatic carbocycles. The smallest absolute Gasteiger partial charge is 0.227 e. The predicted molar refractivity (Wildman–Crippen MR) is 90.6 cm³/mol. The molecular weight excluding hydrogens is 350 g/mol. The van der Waals surface area contributed by atoms with Crippen LogP contribution in [0.15, 0.2) is 22.7 Å². The lowest BCUT2D eigenvalue weighted by Gasteiger charge is -2.38. The number of carbonyl (C=O) groups excluding carboxylic acids is 1. The second-order valence-electron chi connectivity index (χ2n) is 6.43. The van der Waals surface area contributed by atoms with Crippen LogP contribution >= 0.6 is 27.5 Å². The van der Waals surface area contributed by atoms with E-state index in [1.165, 1.54) is 32.1 Å². The van der Waals surface area contributed by atoms with E-state index >= 15 is 0 Å². The van der Waals surface area contributed by atoms with Gasteiger partial charge in [-0.3, -0.25) is 4.79 Å². The maximum absolute atomic E-state index is 12.5. The molecule has 3 unspecified atom stereocenters. The second kappa shape index (κ2) is 6.70. The van der Waals surface area contributed by atoms with Crippen molar-refractivity contribution < 1.29 is 4.79 Å². The van der Waals surface area contributed by atoms with Crippen molar-refractivity contribution in [2.45, 2.75) is 44.9 Å². The summed E-state index contributed by atoms with van der Waals surface area (Å²) in [5.41, 5.74) is 0.710. The minimum absolute atomic E-state index is 0.138. The summed E-state index contributed by atoms with van der Waals surface area (Å²) < 4.78 is 0.929. The van der Waals surface area contributed by atoms with Gasteiger partial charge in [-0.25, -0.2) is 0 Å². The molecule has 1 amide bonds. The summed E-state index contributed by atoms with van der Waals surface area (Å²) in [7, 11) is 0. The Hall–Kier alpha value is -0.540. The SMILES string of the molecule is O=C(Nc1cc(Br)ccc1Cl)C1CCC2CCCCC2C1. The van der Waals surface area contributed by atoms with Crippen molar-refractivity contribution in [3.8, 4) is 0 Å². The minimum Gasteiger partial charge on any atom is -0.324 e. The van der Waals surface area contributed by atoms with Crippen LogP contribution in [0.25, 0.3) is 0 Å². The predicted octanol–water partition coefficient (Wildman–Crippen LogP) is 5.65. The molecule has 1 aromatic rings. The quantitative estimate of drug-likeness (QED) is 0.716. The summed E-state index contributed by atoms with van der Waals surface area (Å²) in [6, 6.07) is 5.55. The maximum atomic E-state index is 12.5. The third kappa shape index (κ3) is 3.62. The van der Waals surface area contributed by atoms with Gasteiger partial charge in [-0.1, -0.05) is 53.2 Å². The maximum Gasteiger partial charge on any atom is 0.227 e. The molecule has 114 valence electrons. The highest BCUT2D eigenvalue weighted by molar-refractivity contribution is 9.10. The second-order valence-corrected chi connectivity index (χ2v) is 7.75. The van der Waals surface area contributed by atoms with Gasteiger partial charge >= 0.3 is 0 Å². The van der Waals surface area contributed by atoms with Crippen LogP contribution in [0.1, 0.15) is 44.9 Å². The number of hydrogen-bond acceptors (Lipinski definition) is 1. The molecule has 0 saturated heterocycles. The highest BCUT2D eigenvalue weighted by Gasteiger charge is 2.35. The normalized spacial score (nSPS) is 28.8. The molecule has 21 heavy (non-hydrogen) atoms.